The van der Waals surface area contributed by atoms with E-state index in [1.54, 1.807) is 18.3 Å². The number of aromatic amines is 1. The van der Waals surface area contributed by atoms with E-state index < -0.39 is 5.91 Å². The molecule has 5 N–H and O–H groups in total. The minimum absolute atomic E-state index is 0.00219. The Morgan fingerprint density at radius 1 is 1.41 bits per heavy atom. The maximum atomic E-state index is 10.9. The molecule has 86 valence electrons. The van der Waals surface area contributed by atoms with Crippen LogP contribution in [0.2, 0.25) is 0 Å². The lowest BCUT2D eigenvalue weighted by molar-refractivity contribution is 0.0997. The first kappa shape index (κ1) is 10.7. The predicted molar refractivity (Wildman–Crippen MR) is 59.9 cm³/mol. The Balaban J connectivity index is 2.22. The molecule has 1 amide bonds. The summed E-state index contributed by atoms with van der Waals surface area (Å²) in [6.07, 6.45) is 3.15. The fourth-order valence-corrected chi connectivity index (χ4v) is 1.13. The van der Waals surface area contributed by atoms with E-state index in [-0.39, 0.29) is 17.5 Å². The van der Waals surface area contributed by atoms with Gasteiger partial charge in [0.25, 0.3) is 5.91 Å². The number of nitrogens with zero attached hydrogens (tertiary/aromatic N) is 4. The highest BCUT2D eigenvalue weighted by molar-refractivity contribution is 5.95. The first-order chi connectivity index (χ1) is 8.16. The summed E-state index contributed by atoms with van der Waals surface area (Å²) in [6, 6.07) is 3.44. The summed E-state index contributed by atoms with van der Waals surface area (Å²) in [5.74, 6) is -0.587. The van der Waals surface area contributed by atoms with Gasteiger partial charge < -0.3 is 16.5 Å². The van der Waals surface area contributed by atoms with Gasteiger partial charge in [-0.25, -0.2) is 0 Å². The number of nitrogens with one attached hydrogen (secondary N) is 1. The van der Waals surface area contributed by atoms with Gasteiger partial charge in [0, 0.05) is 6.20 Å². The summed E-state index contributed by atoms with van der Waals surface area (Å²) >= 11 is 0. The van der Waals surface area contributed by atoms with E-state index in [1.165, 1.54) is 6.20 Å². The van der Waals surface area contributed by atoms with Gasteiger partial charge in [-0.3, -0.25) is 9.78 Å². The van der Waals surface area contributed by atoms with Crippen LogP contribution in [0.25, 0.3) is 0 Å². The van der Waals surface area contributed by atoms with Gasteiger partial charge in [-0.05, 0) is 12.1 Å². The third kappa shape index (κ3) is 2.43. The number of rotatable bonds is 3. The molecule has 0 saturated heterocycles. The Morgan fingerprint density at radius 3 is 2.82 bits per heavy atom. The van der Waals surface area contributed by atoms with E-state index in [0.717, 1.165) is 0 Å². The van der Waals surface area contributed by atoms with Crippen LogP contribution in [-0.4, -0.2) is 20.9 Å². The van der Waals surface area contributed by atoms with Gasteiger partial charge >= 0.3 is 0 Å². The maximum Gasteiger partial charge on any atom is 0.269 e. The zero-order chi connectivity index (χ0) is 12.3. The van der Waals surface area contributed by atoms with Crippen molar-refractivity contribution in [1.82, 2.24) is 15.0 Å². The van der Waals surface area contributed by atoms with E-state index in [4.69, 9.17) is 11.5 Å². The number of primary amides is 1. The van der Waals surface area contributed by atoms with E-state index >= 15 is 0 Å². The number of nitrogens with two attached hydrogens (primary N) is 2. The highest BCUT2D eigenvalue weighted by Crippen LogP contribution is 2.17. The molecule has 0 aliphatic rings. The van der Waals surface area contributed by atoms with Crippen LogP contribution in [0.5, 0.6) is 0 Å². The Hall–Kier alpha value is -2.77. The number of carbonyl (C=O) groups is 1. The molecule has 17 heavy (non-hydrogen) atoms. The lowest BCUT2D eigenvalue weighted by Gasteiger charge is -1.88. The van der Waals surface area contributed by atoms with Crippen LogP contribution in [0.4, 0.5) is 17.5 Å². The van der Waals surface area contributed by atoms with Gasteiger partial charge in [0.1, 0.15) is 11.4 Å². The second-order valence-electron chi connectivity index (χ2n) is 3.10. The minimum atomic E-state index is -0.696. The van der Waals surface area contributed by atoms with E-state index in [1.807, 2.05) is 0 Å². The number of pyridine rings is 1. The smallest absolute Gasteiger partial charge is 0.269 e. The average molecular weight is 231 g/mol. The van der Waals surface area contributed by atoms with Crippen molar-refractivity contribution in [3.63, 3.8) is 0 Å². The third-order valence-corrected chi connectivity index (χ3v) is 1.87. The van der Waals surface area contributed by atoms with E-state index in [9.17, 15) is 4.79 Å². The number of carbonyl (C=O) groups excluding carboxylic acids is 1. The number of H-pyrrole nitrogens is 1. The van der Waals surface area contributed by atoms with E-state index in [0.29, 0.717) is 5.69 Å². The number of anilines is 1. The maximum absolute atomic E-state index is 10.9. The molecule has 8 nitrogen and oxygen atoms in total. The van der Waals surface area contributed by atoms with Gasteiger partial charge in [-0.15, -0.1) is 10.2 Å². The molecule has 2 rings (SSSR count). The van der Waals surface area contributed by atoms with Crippen LogP contribution in [0.3, 0.4) is 0 Å². The van der Waals surface area contributed by atoms with Crippen molar-refractivity contribution < 1.29 is 4.79 Å². The van der Waals surface area contributed by atoms with Crippen molar-refractivity contribution in [1.29, 1.82) is 0 Å². The van der Waals surface area contributed by atoms with Crippen molar-refractivity contribution in [3.8, 4) is 0 Å². The minimum Gasteiger partial charge on any atom is -0.382 e. The number of hydrogen-bond donors (Lipinski definition) is 3. The van der Waals surface area contributed by atoms with Gasteiger partial charge in [0.2, 0.25) is 5.95 Å². The second-order valence-corrected chi connectivity index (χ2v) is 3.10. The summed E-state index contributed by atoms with van der Waals surface area (Å²) in [6.45, 7) is 0. The van der Waals surface area contributed by atoms with Crippen LogP contribution in [0, 0.1) is 0 Å². The standard InChI is InChI=1S/C9H9N7O/c10-7-6(8(11)17)13-9(14-7)16-15-5-2-1-3-12-4-5/h1-4H,10H2,(H2,11,17)(H,13,14). The normalized spacial score (nSPS) is 10.8. The second kappa shape index (κ2) is 4.39. The van der Waals surface area contributed by atoms with Crippen LogP contribution < -0.4 is 11.5 Å². The molecule has 0 aliphatic carbocycles. The molecule has 8 heteroatoms. The summed E-state index contributed by atoms with van der Waals surface area (Å²) in [7, 11) is 0. The number of azo groups is 1. The average Bonchev–Trinajstić information content (AvgIpc) is 2.69. The topological polar surface area (TPSA) is 135 Å². The molecular formula is C9H9N7O. The lowest BCUT2D eigenvalue weighted by Crippen LogP contribution is -2.13. The van der Waals surface area contributed by atoms with Crippen LogP contribution >= 0.6 is 0 Å². The highest BCUT2D eigenvalue weighted by Gasteiger charge is 2.11. The molecule has 0 aliphatic heterocycles. The fraction of sp³-hybridized carbons (Fsp3) is 0. The van der Waals surface area contributed by atoms with Gasteiger partial charge in [0.05, 0.1) is 6.20 Å². The van der Waals surface area contributed by atoms with Gasteiger partial charge in [-0.1, -0.05) is 0 Å². The highest BCUT2D eigenvalue weighted by atomic mass is 16.1. The summed E-state index contributed by atoms with van der Waals surface area (Å²) in [5, 5.41) is 7.62. The molecule has 0 spiro atoms. The van der Waals surface area contributed by atoms with Gasteiger partial charge in [-0.2, -0.15) is 4.98 Å². The number of amides is 1. The molecule has 0 fully saturated rings. The van der Waals surface area contributed by atoms with Crippen molar-refractivity contribution in [2.45, 2.75) is 0 Å². The van der Waals surface area contributed by atoms with Crippen molar-refractivity contribution in [2.24, 2.45) is 16.0 Å². The Labute approximate surface area is 95.8 Å². The third-order valence-electron chi connectivity index (χ3n) is 1.87. The lowest BCUT2D eigenvalue weighted by atomic mass is 10.4. The number of hydrogen-bond acceptors (Lipinski definition) is 6. The monoisotopic (exact) mass is 231 g/mol. The fourth-order valence-electron chi connectivity index (χ4n) is 1.13. The molecule has 0 saturated carbocycles. The SMILES string of the molecule is NC(=O)c1[nH]c(N=Nc2cccnc2)nc1N. The molecule has 0 atom stereocenters. The number of imidazole rings is 1. The van der Waals surface area contributed by atoms with Crippen molar-refractivity contribution in [3.05, 3.63) is 30.2 Å². The molecular weight excluding hydrogens is 222 g/mol. The molecule has 0 aromatic carbocycles. The first-order valence-electron chi connectivity index (χ1n) is 4.64. The summed E-state index contributed by atoms with van der Waals surface area (Å²) < 4.78 is 0. The van der Waals surface area contributed by atoms with Crippen LogP contribution in [0.15, 0.2) is 34.8 Å². The molecule has 0 unspecified atom stereocenters. The first-order valence-corrected chi connectivity index (χ1v) is 4.64. The Morgan fingerprint density at radius 2 is 2.24 bits per heavy atom. The molecule has 2 aromatic rings. The van der Waals surface area contributed by atoms with Crippen LogP contribution in [-0.2, 0) is 0 Å². The summed E-state index contributed by atoms with van der Waals surface area (Å²) in [5.41, 5.74) is 11.1. The zero-order valence-electron chi connectivity index (χ0n) is 8.66. The molecule has 2 aromatic heterocycles. The quantitative estimate of drug-likeness (QED) is 0.676. The molecule has 2 heterocycles. The largest absolute Gasteiger partial charge is 0.382 e. The Bertz CT molecular complexity index is 560. The summed E-state index contributed by atoms with van der Waals surface area (Å²) in [4.78, 5) is 21.1. The van der Waals surface area contributed by atoms with Crippen LogP contribution in [0.1, 0.15) is 10.5 Å². The zero-order valence-corrected chi connectivity index (χ0v) is 8.66. The number of aromatic nitrogens is 3. The Kier molecular flexibility index (Phi) is 2.77. The molecule has 0 radical (unpaired) electrons. The van der Waals surface area contributed by atoms with Crippen molar-refractivity contribution >= 4 is 23.4 Å². The predicted octanol–water partition coefficient (Wildman–Crippen LogP) is 0.901. The van der Waals surface area contributed by atoms with E-state index in [2.05, 4.69) is 25.2 Å². The van der Waals surface area contributed by atoms with Crippen molar-refractivity contribution in [2.75, 3.05) is 5.73 Å². The molecule has 0 bridgehead atoms. The van der Waals surface area contributed by atoms with Gasteiger partial charge in [0.15, 0.2) is 5.82 Å². The number of nitrogen functional groups attached to an aromatic ring is 1.